The molecule has 1 aliphatic rings. The highest BCUT2D eigenvalue weighted by Gasteiger charge is 2.24. The molecule has 0 aromatic carbocycles. The molecule has 1 aliphatic heterocycles. The smallest absolute Gasteiger partial charge is 0.223 e. The van der Waals surface area contributed by atoms with Crippen LogP contribution in [0.2, 0.25) is 0 Å². The second-order valence-corrected chi connectivity index (χ2v) is 5.14. The maximum absolute atomic E-state index is 12.1. The summed E-state index contributed by atoms with van der Waals surface area (Å²) >= 11 is 0. The lowest BCUT2D eigenvalue weighted by Gasteiger charge is -2.36. The highest BCUT2D eigenvalue weighted by Crippen LogP contribution is 2.15. The minimum atomic E-state index is 0.248. The Labute approximate surface area is 108 Å². The molecule has 1 atom stereocenters. The first kappa shape index (κ1) is 13.1. The molecule has 2 rings (SSSR count). The minimum Gasteiger partial charge on any atom is -0.349 e. The van der Waals surface area contributed by atoms with Crippen LogP contribution in [0.4, 0.5) is 0 Å². The zero-order chi connectivity index (χ0) is 13.0. The van der Waals surface area contributed by atoms with Gasteiger partial charge < -0.3 is 14.8 Å². The first-order chi connectivity index (χ1) is 8.66. The van der Waals surface area contributed by atoms with Crippen LogP contribution < -0.4 is 0 Å². The number of hydrogen-bond donors (Lipinski definition) is 1. The van der Waals surface area contributed by atoms with Gasteiger partial charge in [0.2, 0.25) is 5.91 Å². The lowest BCUT2D eigenvalue weighted by atomic mass is 10.0. The molecule has 0 spiro atoms. The molecule has 1 N–H and O–H groups in total. The third-order valence-electron chi connectivity index (χ3n) is 3.61. The third-order valence-corrected chi connectivity index (χ3v) is 3.61. The molecule has 1 amide bonds. The topological polar surface area (TPSA) is 52.2 Å². The van der Waals surface area contributed by atoms with Crippen LogP contribution in [-0.4, -0.2) is 58.9 Å². The molecule has 0 radical (unpaired) electrons. The van der Waals surface area contributed by atoms with Crippen molar-refractivity contribution in [1.82, 2.24) is 19.8 Å². The Morgan fingerprint density at radius 2 is 2.44 bits per heavy atom. The maximum atomic E-state index is 12.1. The van der Waals surface area contributed by atoms with Crippen molar-refractivity contribution in [3.05, 3.63) is 18.2 Å². The van der Waals surface area contributed by atoms with E-state index in [1.54, 1.807) is 12.4 Å². The molecule has 0 bridgehead atoms. The SMILES string of the molecule is CN(C)[C@@H]1CCCN(C(=O)CCc2ncc[nH]2)C1. The van der Waals surface area contributed by atoms with E-state index in [0.29, 0.717) is 18.9 Å². The van der Waals surface area contributed by atoms with E-state index in [9.17, 15) is 4.79 Å². The van der Waals surface area contributed by atoms with Crippen LogP contribution in [0.25, 0.3) is 0 Å². The van der Waals surface area contributed by atoms with Gasteiger partial charge in [-0.25, -0.2) is 4.98 Å². The van der Waals surface area contributed by atoms with Crippen LogP contribution in [0, 0.1) is 0 Å². The molecule has 0 unspecified atom stereocenters. The van der Waals surface area contributed by atoms with Gasteiger partial charge >= 0.3 is 0 Å². The van der Waals surface area contributed by atoms with E-state index in [-0.39, 0.29) is 5.91 Å². The fourth-order valence-electron chi connectivity index (χ4n) is 2.42. The van der Waals surface area contributed by atoms with Crippen LogP contribution in [0.1, 0.15) is 25.1 Å². The van der Waals surface area contributed by atoms with E-state index < -0.39 is 0 Å². The zero-order valence-electron chi connectivity index (χ0n) is 11.2. The normalized spacial score (nSPS) is 20.4. The number of piperidine rings is 1. The molecule has 100 valence electrons. The summed E-state index contributed by atoms with van der Waals surface area (Å²) in [6, 6.07) is 0.506. The Bertz CT molecular complexity index is 374. The first-order valence-corrected chi connectivity index (χ1v) is 6.59. The predicted molar refractivity (Wildman–Crippen MR) is 70.2 cm³/mol. The Balaban J connectivity index is 1.81. The molecular weight excluding hydrogens is 228 g/mol. The van der Waals surface area contributed by atoms with E-state index >= 15 is 0 Å². The van der Waals surface area contributed by atoms with Gasteiger partial charge in [0.25, 0.3) is 0 Å². The fraction of sp³-hybridized carbons (Fsp3) is 0.692. The molecule has 5 heteroatoms. The number of nitrogens with one attached hydrogen (secondary N) is 1. The number of likely N-dealkylation sites (N-methyl/N-ethyl adjacent to an activating group) is 1. The van der Waals surface area contributed by atoms with E-state index in [2.05, 4.69) is 29.0 Å². The quantitative estimate of drug-likeness (QED) is 0.863. The number of H-pyrrole nitrogens is 1. The van der Waals surface area contributed by atoms with Crippen molar-refractivity contribution in [2.45, 2.75) is 31.7 Å². The number of carbonyl (C=O) groups is 1. The lowest BCUT2D eigenvalue weighted by Crippen LogP contribution is -2.47. The Morgan fingerprint density at radius 1 is 1.61 bits per heavy atom. The number of imidazole rings is 1. The van der Waals surface area contributed by atoms with E-state index in [1.807, 2.05) is 4.90 Å². The summed E-state index contributed by atoms with van der Waals surface area (Å²) in [5.41, 5.74) is 0. The number of aryl methyl sites for hydroxylation is 1. The zero-order valence-corrected chi connectivity index (χ0v) is 11.2. The Kier molecular flexibility index (Phi) is 4.36. The highest BCUT2D eigenvalue weighted by molar-refractivity contribution is 5.76. The van der Waals surface area contributed by atoms with Crippen LogP contribution in [0.15, 0.2) is 12.4 Å². The number of carbonyl (C=O) groups excluding carboxylic acids is 1. The highest BCUT2D eigenvalue weighted by atomic mass is 16.2. The Hall–Kier alpha value is -1.36. The Morgan fingerprint density at radius 3 is 3.11 bits per heavy atom. The summed E-state index contributed by atoms with van der Waals surface area (Å²) in [4.78, 5) is 23.5. The van der Waals surface area contributed by atoms with Gasteiger partial charge in [0.05, 0.1) is 0 Å². The van der Waals surface area contributed by atoms with Gasteiger partial charge in [-0.3, -0.25) is 4.79 Å². The summed E-state index contributed by atoms with van der Waals surface area (Å²) < 4.78 is 0. The summed E-state index contributed by atoms with van der Waals surface area (Å²) in [6.45, 7) is 1.77. The third kappa shape index (κ3) is 3.32. The number of aromatic nitrogens is 2. The molecule has 1 aromatic rings. The van der Waals surface area contributed by atoms with Crippen molar-refractivity contribution in [3.8, 4) is 0 Å². The maximum Gasteiger partial charge on any atom is 0.223 e. The van der Waals surface area contributed by atoms with Crippen LogP contribution >= 0.6 is 0 Å². The predicted octanol–water partition coefficient (Wildman–Crippen LogP) is 0.895. The van der Waals surface area contributed by atoms with Gasteiger partial charge in [-0.15, -0.1) is 0 Å². The molecule has 1 aromatic heterocycles. The second kappa shape index (κ2) is 6.00. The molecule has 18 heavy (non-hydrogen) atoms. The van der Waals surface area contributed by atoms with Crippen molar-refractivity contribution in [2.24, 2.45) is 0 Å². The van der Waals surface area contributed by atoms with E-state index in [1.165, 1.54) is 6.42 Å². The molecule has 1 saturated heterocycles. The van der Waals surface area contributed by atoms with Crippen LogP contribution in [0.3, 0.4) is 0 Å². The summed E-state index contributed by atoms with van der Waals surface area (Å²) in [5.74, 6) is 1.14. The van der Waals surface area contributed by atoms with Crippen LogP contribution in [0.5, 0.6) is 0 Å². The summed E-state index contributed by atoms with van der Waals surface area (Å²) in [5, 5.41) is 0. The van der Waals surface area contributed by atoms with Crippen molar-refractivity contribution >= 4 is 5.91 Å². The number of nitrogens with zero attached hydrogens (tertiary/aromatic N) is 3. The van der Waals surface area contributed by atoms with Gasteiger partial charge in [0, 0.05) is 44.4 Å². The van der Waals surface area contributed by atoms with Crippen LogP contribution in [-0.2, 0) is 11.2 Å². The number of rotatable bonds is 4. The minimum absolute atomic E-state index is 0.248. The van der Waals surface area contributed by atoms with E-state index in [0.717, 1.165) is 25.3 Å². The number of amides is 1. The van der Waals surface area contributed by atoms with Crippen molar-refractivity contribution in [1.29, 1.82) is 0 Å². The monoisotopic (exact) mass is 250 g/mol. The summed E-state index contributed by atoms with van der Waals surface area (Å²) in [7, 11) is 4.17. The van der Waals surface area contributed by atoms with Gasteiger partial charge in [0.1, 0.15) is 5.82 Å². The van der Waals surface area contributed by atoms with Gasteiger partial charge in [-0.1, -0.05) is 0 Å². The van der Waals surface area contributed by atoms with Crippen molar-refractivity contribution in [2.75, 3.05) is 27.2 Å². The van der Waals surface area contributed by atoms with Gasteiger partial charge in [0.15, 0.2) is 0 Å². The van der Waals surface area contributed by atoms with Crippen molar-refractivity contribution < 1.29 is 4.79 Å². The molecule has 2 heterocycles. The molecule has 0 saturated carbocycles. The number of aromatic amines is 1. The number of likely N-dealkylation sites (tertiary alicyclic amines) is 1. The lowest BCUT2D eigenvalue weighted by molar-refractivity contribution is -0.133. The van der Waals surface area contributed by atoms with Crippen molar-refractivity contribution in [3.63, 3.8) is 0 Å². The van der Waals surface area contributed by atoms with Gasteiger partial charge in [-0.05, 0) is 26.9 Å². The summed E-state index contributed by atoms with van der Waals surface area (Å²) in [6.07, 6.45) is 7.07. The first-order valence-electron chi connectivity index (χ1n) is 6.59. The average Bonchev–Trinajstić information content (AvgIpc) is 2.89. The molecule has 5 nitrogen and oxygen atoms in total. The second-order valence-electron chi connectivity index (χ2n) is 5.14. The van der Waals surface area contributed by atoms with E-state index in [4.69, 9.17) is 0 Å². The molecular formula is C13H22N4O. The number of hydrogen-bond acceptors (Lipinski definition) is 3. The molecule has 0 aliphatic carbocycles. The molecule has 1 fully saturated rings. The fourth-order valence-corrected chi connectivity index (χ4v) is 2.42. The standard InChI is InChI=1S/C13H22N4O/c1-16(2)11-4-3-9-17(10-11)13(18)6-5-12-14-7-8-15-12/h7-8,11H,3-6,9-10H2,1-2H3,(H,14,15)/t11-/m1/s1. The largest absolute Gasteiger partial charge is 0.349 e. The average molecular weight is 250 g/mol. The van der Waals surface area contributed by atoms with Gasteiger partial charge in [-0.2, -0.15) is 0 Å².